The number of imidazole rings is 1. The van der Waals surface area contributed by atoms with Gasteiger partial charge in [0.25, 0.3) is 0 Å². The Morgan fingerprint density at radius 1 is 1.43 bits per heavy atom. The van der Waals surface area contributed by atoms with Gasteiger partial charge in [-0.3, -0.25) is 0 Å². The Bertz CT molecular complexity index is 1070. The first-order valence-corrected chi connectivity index (χ1v) is 10.4. The summed E-state index contributed by atoms with van der Waals surface area (Å²) in [5.74, 6) is 1.73. The third-order valence-corrected chi connectivity index (χ3v) is 5.37. The lowest BCUT2D eigenvalue weighted by Gasteiger charge is -2.11. The summed E-state index contributed by atoms with van der Waals surface area (Å²) in [6, 6.07) is 6.89. The van der Waals surface area contributed by atoms with E-state index in [4.69, 9.17) is 9.15 Å². The predicted molar refractivity (Wildman–Crippen MR) is 113 cm³/mol. The third-order valence-electron chi connectivity index (χ3n) is 4.36. The van der Waals surface area contributed by atoms with E-state index < -0.39 is 16.7 Å². The fourth-order valence-electron chi connectivity index (χ4n) is 2.96. The van der Waals surface area contributed by atoms with Crippen molar-refractivity contribution in [3.8, 4) is 5.75 Å². The van der Waals surface area contributed by atoms with Gasteiger partial charge in [0.1, 0.15) is 23.7 Å². The Labute approximate surface area is 176 Å². The summed E-state index contributed by atoms with van der Waals surface area (Å²) in [6.07, 6.45) is 2.02. The molecule has 0 bridgehead atoms. The van der Waals surface area contributed by atoms with E-state index in [1.165, 1.54) is 23.0 Å². The number of hydrogen-bond acceptors (Lipinski definition) is 9. The van der Waals surface area contributed by atoms with Crippen LogP contribution >= 0.6 is 11.8 Å². The van der Waals surface area contributed by atoms with Crippen molar-refractivity contribution in [3.63, 3.8) is 0 Å². The highest BCUT2D eigenvalue weighted by Crippen LogP contribution is 2.25. The molecule has 0 saturated heterocycles. The smallest absolute Gasteiger partial charge is 0.434 e. The van der Waals surface area contributed by atoms with Crippen LogP contribution in [0, 0.1) is 10.1 Å². The molecule has 0 aliphatic heterocycles. The van der Waals surface area contributed by atoms with Crippen LogP contribution in [0.5, 0.6) is 5.75 Å². The second kappa shape index (κ2) is 10.2. The quantitative estimate of drug-likeness (QED) is 0.200. The van der Waals surface area contributed by atoms with Crippen molar-refractivity contribution in [2.24, 2.45) is 0 Å². The molecule has 0 amide bonds. The number of benzene rings is 1. The Morgan fingerprint density at radius 3 is 3.03 bits per heavy atom. The van der Waals surface area contributed by atoms with Gasteiger partial charge < -0.3 is 29.7 Å². The van der Waals surface area contributed by atoms with E-state index in [1.54, 1.807) is 24.9 Å². The summed E-state index contributed by atoms with van der Waals surface area (Å²) in [5.41, 5.74) is 0.981. The Morgan fingerprint density at radius 2 is 2.27 bits per heavy atom. The zero-order chi connectivity index (χ0) is 21.5. The van der Waals surface area contributed by atoms with E-state index >= 15 is 0 Å². The van der Waals surface area contributed by atoms with E-state index in [2.05, 4.69) is 10.3 Å². The Balaban J connectivity index is 1.44. The normalized spacial score (nSPS) is 12.2. The number of rotatable bonds is 11. The molecule has 0 saturated carbocycles. The lowest BCUT2D eigenvalue weighted by Crippen LogP contribution is -2.31. The molecule has 160 valence electrons. The van der Waals surface area contributed by atoms with Crippen LogP contribution in [0.15, 0.2) is 45.9 Å². The summed E-state index contributed by atoms with van der Waals surface area (Å²) in [5, 5.41) is 24.9. The van der Waals surface area contributed by atoms with Crippen molar-refractivity contribution >= 4 is 28.7 Å². The summed E-state index contributed by atoms with van der Waals surface area (Å²) in [4.78, 5) is 25.7. The molecule has 0 aliphatic carbocycles. The van der Waals surface area contributed by atoms with Gasteiger partial charge in [0.05, 0.1) is 19.8 Å². The van der Waals surface area contributed by atoms with Gasteiger partial charge in [-0.15, -0.1) is 0 Å². The van der Waals surface area contributed by atoms with Crippen LogP contribution in [0.2, 0.25) is 0 Å². The maximum Gasteiger partial charge on any atom is 0.434 e. The minimum Gasteiger partial charge on any atom is -0.497 e. The number of methoxy groups -OCH3 is 1. The molecule has 3 rings (SSSR count). The fraction of sp³-hybridized carbons (Fsp3) is 0.368. The van der Waals surface area contributed by atoms with Crippen molar-refractivity contribution < 1.29 is 19.2 Å². The van der Waals surface area contributed by atoms with Gasteiger partial charge in [0.2, 0.25) is 0 Å². The standard InChI is InChI=1S/C19H22N4O6S/c1-28-15-2-3-16-13(8-18(25)29-17(16)9-15)12-30-7-5-20-10-14(24)11-22-6-4-21-19(22)23(26)27/h2-4,6,8-9,14,20,24H,5,7,10-12H2,1H3. The fourth-order valence-corrected chi connectivity index (χ4v) is 3.85. The molecule has 1 atom stereocenters. The molecule has 0 spiro atoms. The minimum absolute atomic E-state index is 0.0890. The number of nitrogens with one attached hydrogen (secondary N) is 1. The number of fused-ring (bicyclic) bond motifs is 1. The largest absolute Gasteiger partial charge is 0.497 e. The highest BCUT2D eigenvalue weighted by Gasteiger charge is 2.17. The average molecular weight is 434 g/mol. The summed E-state index contributed by atoms with van der Waals surface area (Å²) < 4.78 is 11.7. The van der Waals surface area contributed by atoms with Gasteiger partial charge in [0.15, 0.2) is 0 Å². The highest BCUT2D eigenvalue weighted by atomic mass is 32.2. The van der Waals surface area contributed by atoms with Crippen molar-refractivity contribution in [2.75, 3.05) is 26.0 Å². The molecule has 3 aromatic rings. The summed E-state index contributed by atoms with van der Waals surface area (Å²) in [6.45, 7) is 1.03. The van der Waals surface area contributed by atoms with Crippen molar-refractivity contribution in [1.82, 2.24) is 14.9 Å². The molecule has 2 aromatic heterocycles. The maximum absolute atomic E-state index is 11.8. The van der Waals surface area contributed by atoms with Gasteiger partial charge in [0, 0.05) is 42.1 Å². The van der Waals surface area contributed by atoms with Crippen molar-refractivity contribution in [2.45, 2.75) is 18.4 Å². The monoisotopic (exact) mass is 434 g/mol. The minimum atomic E-state index is -0.777. The van der Waals surface area contributed by atoms with Crippen molar-refractivity contribution in [1.29, 1.82) is 0 Å². The van der Waals surface area contributed by atoms with Crippen LogP contribution in [-0.4, -0.2) is 51.6 Å². The zero-order valence-corrected chi connectivity index (χ0v) is 17.1. The average Bonchev–Trinajstić information content (AvgIpc) is 3.18. The first-order chi connectivity index (χ1) is 14.5. The van der Waals surface area contributed by atoms with Crippen LogP contribution in [0.3, 0.4) is 0 Å². The molecular formula is C19H22N4O6S. The molecule has 0 aliphatic rings. The van der Waals surface area contributed by atoms with Gasteiger partial charge in [-0.1, -0.05) is 4.98 Å². The molecule has 2 N–H and O–H groups in total. The molecule has 11 heteroatoms. The first kappa shape index (κ1) is 21.8. The number of aliphatic hydroxyl groups is 1. The molecule has 1 aromatic carbocycles. The summed E-state index contributed by atoms with van der Waals surface area (Å²) in [7, 11) is 1.56. The maximum atomic E-state index is 11.8. The van der Waals surface area contributed by atoms with Gasteiger partial charge in [-0.25, -0.2) is 9.36 Å². The van der Waals surface area contributed by atoms with E-state index in [0.717, 1.165) is 16.7 Å². The topological polar surface area (TPSA) is 133 Å². The van der Waals surface area contributed by atoms with Gasteiger partial charge >= 0.3 is 11.6 Å². The Hall–Kier alpha value is -2.89. The highest BCUT2D eigenvalue weighted by molar-refractivity contribution is 7.98. The van der Waals surface area contributed by atoms with Crippen LogP contribution in [0.1, 0.15) is 5.56 Å². The van der Waals surface area contributed by atoms with E-state index in [-0.39, 0.29) is 12.5 Å². The summed E-state index contributed by atoms with van der Waals surface area (Å²) >= 11 is 1.64. The second-order valence-electron chi connectivity index (χ2n) is 6.50. The number of hydrogen-bond donors (Lipinski definition) is 2. The number of nitrogens with zero attached hydrogens (tertiary/aromatic N) is 3. The van der Waals surface area contributed by atoms with E-state index in [0.29, 0.717) is 30.2 Å². The Kier molecular flexibility index (Phi) is 7.44. The number of nitro groups is 1. The molecule has 1 unspecified atom stereocenters. The zero-order valence-electron chi connectivity index (χ0n) is 16.3. The number of aliphatic hydroxyl groups excluding tert-OH is 1. The van der Waals surface area contributed by atoms with Crippen molar-refractivity contribution in [3.05, 3.63) is 62.8 Å². The molecule has 2 heterocycles. The molecule has 30 heavy (non-hydrogen) atoms. The van der Waals surface area contributed by atoms with Gasteiger partial charge in [-0.05, 0) is 22.6 Å². The SMILES string of the molecule is COc1ccc2c(CSCCNCC(O)Cn3ccnc3[N+](=O)[O-])cc(=O)oc2c1. The van der Waals surface area contributed by atoms with E-state index in [9.17, 15) is 20.0 Å². The van der Waals surface area contributed by atoms with Crippen LogP contribution in [0.4, 0.5) is 5.95 Å². The number of aromatic nitrogens is 2. The third kappa shape index (κ3) is 5.59. The predicted octanol–water partition coefficient (Wildman–Crippen LogP) is 1.79. The van der Waals surface area contributed by atoms with E-state index in [1.807, 2.05) is 12.1 Å². The van der Waals surface area contributed by atoms with Crippen LogP contribution < -0.4 is 15.7 Å². The molecule has 10 nitrogen and oxygen atoms in total. The first-order valence-electron chi connectivity index (χ1n) is 9.20. The number of ether oxygens (including phenoxy) is 1. The molecule has 0 fully saturated rings. The van der Waals surface area contributed by atoms with Crippen LogP contribution in [0.25, 0.3) is 11.0 Å². The molecular weight excluding hydrogens is 412 g/mol. The lowest BCUT2D eigenvalue weighted by molar-refractivity contribution is -0.397. The van der Waals surface area contributed by atoms with Crippen LogP contribution in [-0.2, 0) is 12.3 Å². The lowest BCUT2D eigenvalue weighted by atomic mass is 10.1. The van der Waals surface area contributed by atoms with Gasteiger partial charge in [-0.2, -0.15) is 11.8 Å². The molecule has 0 radical (unpaired) electrons. The second-order valence-corrected chi connectivity index (χ2v) is 7.61. The number of thioether (sulfide) groups is 1.